The lowest BCUT2D eigenvalue weighted by Gasteiger charge is -2.34. The topological polar surface area (TPSA) is 94.8 Å². The molecular weight excluding hydrogens is 717 g/mol. The van der Waals surface area contributed by atoms with E-state index in [1.165, 1.54) is 186 Å². The average Bonchev–Trinajstić information content (AvgIpc) is 3.23. The van der Waals surface area contributed by atoms with E-state index in [9.17, 15) is 24.9 Å². The Morgan fingerprint density at radius 1 is 0.397 bits per heavy atom. The van der Waals surface area contributed by atoms with Gasteiger partial charge in [0.05, 0.1) is 0 Å². The molecule has 0 aromatic heterocycles. The molecule has 0 bridgehead atoms. The quantitative estimate of drug-likeness (QED) is 0.0420. The van der Waals surface area contributed by atoms with E-state index in [4.69, 9.17) is 0 Å². The average molecular weight is 819 g/mol. The summed E-state index contributed by atoms with van der Waals surface area (Å²) in [4.78, 5) is 26.6. The van der Waals surface area contributed by atoms with E-state index in [-0.39, 0.29) is 19.3 Å². The lowest BCUT2D eigenvalue weighted by Crippen LogP contribution is -2.56. The van der Waals surface area contributed by atoms with Crippen LogP contribution >= 0.6 is 0 Å². The van der Waals surface area contributed by atoms with Crippen LogP contribution in [0, 0.1) is 0 Å². The number of Topliss-reactive ketones (excluding diaryl/α,β-unsaturated/α-hetero) is 2. The third-order valence-electron chi connectivity index (χ3n) is 12.7. The van der Waals surface area contributed by atoms with Gasteiger partial charge in [0, 0.05) is 12.8 Å². The highest BCUT2D eigenvalue weighted by Crippen LogP contribution is 2.28. The fourth-order valence-corrected chi connectivity index (χ4v) is 8.52. The molecule has 0 aliphatic heterocycles. The zero-order valence-electron chi connectivity index (χ0n) is 39.4. The second kappa shape index (κ2) is 44.0. The Labute approximate surface area is 362 Å². The summed E-state index contributed by atoms with van der Waals surface area (Å²) in [5, 5.41) is 34.0. The van der Waals surface area contributed by atoms with Gasteiger partial charge in [-0.1, -0.05) is 251 Å². The molecule has 0 spiro atoms. The van der Waals surface area contributed by atoms with Crippen molar-refractivity contribution in [1.29, 1.82) is 0 Å². The Morgan fingerprint density at radius 2 is 0.672 bits per heavy atom. The smallest absolute Gasteiger partial charge is 0.167 e. The summed E-state index contributed by atoms with van der Waals surface area (Å²) in [6, 6.07) is 0. The molecule has 0 saturated carbocycles. The Morgan fingerprint density at radius 3 is 1.02 bits per heavy atom. The molecule has 5 heteroatoms. The van der Waals surface area contributed by atoms with Crippen molar-refractivity contribution >= 4 is 11.6 Å². The molecule has 3 N–H and O–H groups in total. The number of aliphatic hydroxyl groups excluding tert-OH is 2. The lowest BCUT2D eigenvalue weighted by molar-refractivity contribution is -0.168. The number of carbonyl (C=O) groups is 2. The van der Waals surface area contributed by atoms with Crippen LogP contribution in [0.4, 0.5) is 0 Å². The van der Waals surface area contributed by atoms with E-state index in [2.05, 4.69) is 32.9 Å². The second-order valence-corrected chi connectivity index (χ2v) is 18.4. The molecule has 344 valence electrons. The highest BCUT2D eigenvalue weighted by Gasteiger charge is 2.46. The summed E-state index contributed by atoms with van der Waals surface area (Å²) >= 11 is 0. The van der Waals surface area contributed by atoms with Crippen LogP contribution < -0.4 is 0 Å². The maximum atomic E-state index is 13.6. The van der Waals surface area contributed by atoms with E-state index in [1.807, 2.05) is 0 Å². The molecule has 0 fully saturated rings. The van der Waals surface area contributed by atoms with Gasteiger partial charge in [-0.15, -0.1) is 0 Å². The molecule has 3 unspecified atom stereocenters. The van der Waals surface area contributed by atoms with Gasteiger partial charge in [0.1, 0.15) is 12.2 Å². The minimum Gasteiger partial charge on any atom is -0.386 e. The summed E-state index contributed by atoms with van der Waals surface area (Å²) in [5.74, 6) is -0.868. The first-order valence-corrected chi connectivity index (χ1v) is 26.1. The Kier molecular flexibility index (Phi) is 43.2. The van der Waals surface area contributed by atoms with Crippen LogP contribution in [0.2, 0.25) is 0 Å². The Bertz CT molecular complexity index is 901. The molecule has 0 amide bonds. The first kappa shape index (κ1) is 57.0. The predicted molar refractivity (Wildman–Crippen MR) is 252 cm³/mol. The van der Waals surface area contributed by atoms with Gasteiger partial charge in [0.15, 0.2) is 17.2 Å². The van der Waals surface area contributed by atoms with Gasteiger partial charge < -0.3 is 15.3 Å². The van der Waals surface area contributed by atoms with E-state index in [1.54, 1.807) is 0 Å². The standard InChI is InChI=1S/C53H102O5/c1-4-7-10-13-16-19-22-25-26-27-30-33-36-39-42-45-48-53(58,50(55)47-44-41-38-35-32-29-24-21-18-15-12-9-6-3)52(57)51(56)49(54)46-43-40-37-34-31-28-23-20-17-14-11-8-5-2/h25-26,51-52,56-58H,4-24,27-48H2,1-3H3/b26-25-. The molecule has 0 saturated heterocycles. The second-order valence-electron chi connectivity index (χ2n) is 18.4. The van der Waals surface area contributed by atoms with Gasteiger partial charge in [-0.05, 0) is 44.9 Å². The molecule has 5 nitrogen and oxygen atoms in total. The monoisotopic (exact) mass is 819 g/mol. The van der Waals surface area contributed by atoms with E-state index in [0.717, 1.165) is 51.4 Å². The first-order chi connectivity index (χ1) is 28.3. The third-order valence-corrected chi connectivity index (χ3v) is 12.7. The number of unbranched alkanes of at least 4 members (excludes halogenated alkanes) is 36. The molecule has 58 heavy (non-hydrogen) atoms. The van der Waals surface area contributed by atoms with Crippen molar-refractivity contribution in [1.82, 2.24) is 0 Å². The molecule has 3 atom stereocenters. The van der Waals surface area contributed by atoms with Crippen molar-refractivity contribution in [3.8, 4) is 0 Å². The molecule has 0 aromatic carbocycles. The van der Waals surface area contributed by atoms with Crippen molar-refractivity contribution in [3.63, 3.8) is 0 Å². The number of ketones is 2. The van der Waals surface area contributed by atoms with Gasteiger partial charge in [0.2, 0.25) is 0 Å². The summed E-state index contributed by atoms with van der Waals surface area (Å²) in [6.45, 7) is 6.78. The van der Waals surface area contributed by atoms with Crippen LogP contribution in [-0.2, 0) is 9.59 Å². The van der Waals surface area contributed by atoms with Crippen LogP contribution in [0.15, 0.2) is 12.2 Å². The van der Waals surface area contributed by atoms with Crippen LogP contribution in [0.3, 0.4) is 0 Å². The van der Waals surface area contributed by atoms with Gasteiger partial charge in [-0.3, -0.25) is 9.59 Å². The van der Waals surface area contributed by atoms with Crippen molar-refractivity contribution < 1.29 is 24.9 Å². The Hall–Kier alpha value is -1.04. The summed E-state index contributed by atoms with van der Waals surface area (Å²) < 4.78 is 0. The molecule has 0 aromatic rings. The fourth-order valence-electron chi connectivity index (χ4n) is 8.52. The molecule has 0 aliphatic rings. The first-order valence-electron chi connectivity index (χ1n) is 26.1. The van der Waals surface area contributed by atoms with Crippen molar-refractivity contribution in [2.45, 2.75) is 315 Å². The van der Waals surface area contributed by atoms with Gasteiger partial charge in [0.25, 0.3) is 0 Å². The third kappa shape index (κ3) is 34.6. The van der Waals surface area contributed by atoms with Crippen LogP contribution in [-0.4, -0.2) is 44.7 Å². The lowest BCUT2D eigenvalue weighted by atomic mass is 9.80. The normalized spacial score (nSPS) is 14.0. The minimum atomic E-state index is -2.08. The Balaban J connectivity index is 4.64. The summed E-state index contributed by atoms with van der Waals surface area (Å²) in [7, 11) is 0. The summed E-state index contributed by atoms with van der Waals surface area (Å²) in [6.07, 6.45) is 49.4. The number of aliphatic hydroxyl groups is 3. The number of hydrogen-bond acceptors (Lipinski definition) is 5. The van der Waals surface area contributed by atoms with Crippen molar-refractivity contribution in [3.05, 3.63) is 12.2 Å². The maximum Gasteiger partial charge on any atom is 0.167 e. The van der Waals surface area contributed by atoms with Crippen LogP contribution in [0.25, 0.3) is 0 Å². The predicted octanol–water partition coefficient (Wildman–Crippen LogP) is 16.0. The maximum absolute atomic E-state index is 13.6. The molecular formula is C53H102O5. The van der Waals surface area contributed by atoms with Crippen LogP contribution in [0.1, 0.15) is 297 Å². The zero-order chi connectivity index (χ0) is 42.6. The number of carbonyl (C=O) groups excluding carboxylic acids is 2. The highest BCUT2D eigenvalue weighted by molar-refractivity contribution is 5.90. The largest absolute Gasteiger partial charge is 0.386 e. The fraction of sp³-hybridized carbons (Fsp3) is 0.925. The minimum absolute atomic E-state index is 0.0930. The number of hydrogen-bond donors (Lipinski definition) is 3. The van der Waals surface area contributed by atoms with Crippen LogP contribution in [0.5, 0.6) is 0 Å². The molecule has 0 heterocycles. The van der Waals surface area contributed by atoms with E-state index < -0.39 is 29.4 Å². The van der Waals surface area contributed by atoms with Gasteiger partial charge in [-0.25, -0.2) is 0 Å². The van der Waals surface area contributed by atoms with Gasteiger partial charge >= 0.3 is 0 Å². The van der Waals surface area contributed by atoms with E-state index >= 15 is 0 Å². The molecule has 0 rings (SSSR count). The summed E-state index contributed by atoms with van der Waals surface area (Å²) in [5.41, 5.74) is -2.08. The highest BCUT2D eigenvalue weighted by atomic mass is 16.4. The van der Waals surface area contributed by atoms with Gasteiger partial charge in [-0.2, -0.15) is 0 Å². The zero-order valence-corrected chi connectivity index (χ0v) is 39.4. The number of rotatable bonds is 48. The van der Waals surface area contributed by atoms with Crippen molar-refractivity contribution in [2.75, 3.05) is 0 Å². The SMILES string of the molecule is CCCCCCCC/C=C\CCCCCCCCC(O)(C(=O)CCCCCCCCCCCCCCC)C(O)C(O)C(=O)CCCCCCCCCCCCCCC. The molecule has 0 aliphatic carbocycles. The van der Waals surface area contributed by atoms with E-state index in [0.29, 0.717) is 19.3 Å². The molecule has 0 radical (unpaired) electrons. The number of allylic oxidation sites excluding steroid dienone is 2. The van der Waals surface area contributed by atoms with Crippen molar-refractivity contribution in [2.24, 2.45) is 0 Å².